The maximum Gasteiger partial charge on any atom is 0.228 e. The third-order valence-electron chi connectivity index (χ3n) is 3.93. The van der Waals surface area contributed by atoms with Gasteiger partial charge in [-0.05, 0) is 30.7 Å². The molecule has 0 saturated carbocycles. The van der Waals surface area contributed by atoms with E-state index >= 15 is 0 Å². The largest absolute Gasteiger partial charge is 0.378 e. The number of alkyl halides is 1. The van der Waals surface area contributed by atoms with E-state index < -0.39 is 0 Å². The summed E-state index contributed by atoms with van der Waals surface area (Å²) < 4.78 is 5.37. The Bertz CT molecular complexity index is 515. The minimum Gasteiger partial charge on any atom is -0.378 e. The number of carbonyl (C=O) groups excluding carboxylic acids is 1. The van der Waals surface area contributed by atoms with Crippen molar-refractivity contribution in [3.63, 3.8) is 0 Å². The molecule has 0 bridgehead atoms. The molecular formula is C15H19ClN2O2. The van der Waals surface area contributed by atoms with E-state index in [-0.39, 0.29) is 11.3 Å². The highest BCUT2D eigenvalue weighted by molar-refractivity contribution is 6.24. The number of hydrogen-bond donors (Lipinski definition) is 0. The number of carbonyl (C=O) groups is 1. The lowest BCUT2D eigenvalue weighted by Crippen LogP contribution is -2.36. The maximum absolute atomic E-state index is 11.9. The highest BCUT2D eigenvalue weighted by atomic mass is 35.5. The van der Waals surface area contributed by atoms with Crippen LogP contribution >= 0.6 is 11.6 Å². The van der Waals surface area contributed by atoms with Gasteiger partial charge in [-0.1, -0.05) is 0 Å². The zero-order valence-electron chi connectivity index (χ0n) is 11.6. The van der Waals surface area contributed by atoms with Gasteiger partial charge < -0.3 is 14.5 Å². The SMILES string of the molecule is Cc1cc(N2CCOCC2)ccc1N1CC(Cl)CC1=O. The molecule has 1 unspecified atom stereocenters. The van der Waals surface area contributed by atoms with Crippen LogP contribution in [0.5, 0.6) is 0 Å². The van der Waals surface area contributed by atoms with E-state index in [9.17, 15) is 4.79 Å². The first-order valence-electron chi connectivity index (χ1n) is 7.03. The average Bonchev–Trinajstić information content (AvgIpc) is 2.78. The molecule has 1 aromatic rings. The van der Waals surface area contributed by atoms with E-state index in [1.807, 2.05) is 13.0 Å². The smallest absolute Gasteiger partial charge is 0.228 e. The van der Waals surface area contributed by atoms with Crippen LogP contribution in [0, 0.1) is 6.92 Å². The van der Waals surface area contributed by atoms with Crippen LogP contribution in [-0.4, -0.2) is 44.1 Å². The van der Waals surface area contributed by atoms with E-state index in [0.29, 0.717) is 13.0 Å². The molecule has 1 aromatic carbocycles. The molecule has 3 rings (SSSR count). The molecule has 1 amide bonds. The highest BCUT2D eigenvalue weighted by Gasteiger charge is 2.30. The fourth-order valence-corrected chi connectivity index (χ4v) is 3.13. The Morgan fingerprint density at radius 1 is 1.30 bits per heavy atom. The van der Waals surface area contributed by atoms with Gasteiger partial charge in [0.2, 0.25) is 5.91 Å². The molecule has 0 aromatic heterocycles. The second kappa shape index (κ2) is 5.62. The van der Waals surface area contributed by atoms with Gasteiger partial charge in [-0.3, -0.25) is 4.79 Å². The average molecular weight is 295 g/mol. The maximum atomic E-state index is 11.9. The lowest BCUT2D eigenvalue weighted by molar-refractivity contribution is -0.117. The Labute approximate surface area is 124 Å². The fourth-order valence-electron chi connectivity index (χ4n) is 2.86. The second-order valence-electron chi connectivity index (χ2n) is 5.38. The summed E-state index contributed by atoms with van der Waals surface area (Å²) in [5.74, 6) is 0.118. The van der Waals surface area contributed by atoms with Gasteiger partial charge in [-0.15, -0.1) is 11.6 Å². The summed E-state index contributed by atoms with van der Waals surface area (Å²) in [5, 5.41) is -0.0687. The quantitative estimate of drug-likeness (QED) is 0.784. The summed E-state index contributed by atoms with van der Waals surface area (Å²) in [6.07, 6.45) is 0.437. The van der Waals surface area contributed by atoms with Crippen molar-refractivity contribution in [1.29, 1.82) is 0 Å². The fraction of sp³-hybridized carbons (Fsp3) is 0.533. The molecule has 2 saturated heterocycles. The van der Waals surface area contributed by atoms with Crippen molar-refractivity contribution < 1.29 is 9.53 Å². The van der Waals surface area contributed by atoms with Gasteiger partial charge >= 0.3 is 0 Å². The van der Waals surface area contributed by atoms with Crippen molar-refractivity contribution in [2.45, 2.75) is 18.7 Å². The molecule has 0 radical (unpaired) electrons. The number of benzene rings is 1. The van der Waals surface area contributed by atoms with Crippen LogP contribution in [0.15, 0.2) is 18.2 Å². The Morgan fingerprint density at radius 3 is 2.65 bits per heavy atom. The Hall–Kier alpha value is -1.26. The zero-order chi connectivity index (χ0) is 14.1. The topological polar surface area (TPSA) is 32.8 Å². The number of hydrogen-bond acceptors (Lipinski definition) is 3. The van der Waals surface area contributed by atoms with Gasteiger partial charge in [0, 0.05) is 37.4 Å². The number of rotatable bonds is 2. The number of ether oxygens (including phenoxy) is 1. The second-order valence-corrected chi connectivity index (χ2v) is 5.99. The van der Waals surface area contributed by atoms with E-state index in [1.54, 1.807) is 4.90 Å². The minimum atomic E-state index is -0.0687. The number of nitrogens with zero attached hydrogens (tertiary/aromatic N) is 2. The first-order chi connectivity index (χ1) is 9.65. The molecule has 2 heterocycles. The molecule has 108 valence electrons. The first kappa shape index (κ1) is 13.7. The molecule has 20 heavy (non-hydrogen) atoms. The van der Waals surface area contributed by atoms with Crippen LogP contribution in [0.2, 0.25) is 0 Å². The van der Waals surface area contributed by atoms with Gasteiger partial charge in [0.1, 0.15) is 0 Å². The van der Waals surface area contributed by atoms with Crippen molar-refractivity contribution in [3.05, 3.63) is 23.8 Å². The molecule has 0 aliphatic carbocycles. The molecule has 5 heteroatoms. The third-order valence-corrected chi connectivity index (χ3v) is 4.22. The summed E-state index contributed by atoms with van der Waals surface area (Å²) >= 11 is 6.07. The molecule has 2 fully saturated rings. The number of anilines is 2. The summed E-state index contributed by atoms with van der Waals surface area (Å²) in [6, 6.07) is 6.27. The summed E-state index contributed by atoms with van der Waals surface area (Å²) in [7, 11) is 0. The Morgan fingerprint density at radius 2 is 2.05 bits per heavy atom. The first-order valence-corrected chi connectivity index (χ1v) is 7.46. The lowest BCUT2D eigenvalue weighted by atomic mass is 10.1. The molecule has 0 spiro atoms. The number of amides is 1. The van der Waals surface area contributed by atoms with Crippen LogP contribution in [0.25, 0.3) is 0 Å². The zero-order valence-corrected chi connectivity index (χ0v) is 12.4. The minimum absolute atomic E-state index is 0.0687. The summed E-state index contributed by atoms with van der Waals surface area (Å²) in [6.45, 7) is 6.06. The van der Waals surface area contributed by atoms with Crippen LogP contribution in [-0.2, 0) is 9.53 Å². The molecule has 1 atom stereocenters. The van der Waals surface area contributed by atoms with Crippen LogP contribution in [0.4, 0.5) is 11.4 Å². The van der Waals surface area contributed by atoms with E-state index in [0.717, 1.165) is 37.6 Å². The van der Waals surface area contributed by atoms with Crippen LogP contribution in [0.3, 0.4) is 0 Å². The molecule has 2 aliphatic heterocycles. The van der Waals surface area contributed by atoms with Crippen molar-refractivity contribution >= 4 is 28.9 Å². The number of halogens is 1. The van der Waals surface area contributed by atoms with Crippen LogP contribution < -0.4 is 9.80 Å². The van der Waals surface area contributed by atoms with E-state index in [4.69, 9.17) is 16.3 Å². The van der Waals surface area contributed by atoms with Gasteiger partial charge in [0.15, 0.2) is 0 Å². The van der Waals surface area contributed by atoms with Crippen molar-refractivity contribution in [2.75, 3.05) is 42.6 Å². The molecule has 2 aliphatic rings. The number of morpholine rings is 1. The molecular weight excluding hydrogens is 276 g/mol. The summed E-state index contributed by atoms with van der Waals surface area (Å²) in [5.41, 5.74) is 3.30. The lowest BCUT2D eigenvalue weighted by Gasteiger charge is -2.30. The van der Waals surface area contributed by atoms with Crippen molar-refractivity contribution in [3.8, 4) is 0 Å². The van der Waals surface area contributed by atoms with E-state index in [1.165, 1.54) is 5.69 Å². The normalized spacial score (nSPS) is 23.5. The molecule has 4 nitrogen and oxygen atoms in total. The highest BCUT2D eigenvalue weighted by Crippen LogP contribution is 2.30. The van der Waals surface area contributed by atoms with Gasteiger partial charge in [-0.2, -0.15) is 0 Å². The van der Waals surface area contributed by atoms with Crippen molar-refractivity contribution in [1.82, 2.24) is 0 Å². The van der Waals surface area contributed by atoms with E-state index in [2.05, 4.69) is 17.0 Å². The predicted molar refractivity (Wildman–Crippen MR) is 80.8 cm³/mol. The standard InChI is InChI=1S/C15H19ClN2O2/c1-11-8-13(17-4-6-20-7-5-17)2-3-14(11)18-10-12(16)9-15(18)19/h2-3,8,12H,4-7,9-10H2,1H3. The monoisotopic (exact) mass is 294 g/mol. The van der Waals surface area contributed by atoms with Gasteiger partial charge in [-0.25, -0.2) is 0 Å². The Balaban J connectivity index is 1.82. The third kappa shape index (κ3) is 2.63. The van der Waals surface area contributed by atoms with Gasteiger partial charge in [0.05, 0.1) is 18.6 Å². The Kier molecular flexibility index (Phi) is 3.85. The number of aryl methyl sites for hydroxylation is 1. The predicted octanol–water partition coefficient (Wildman–Crippen LogP) is 2.18. The van der Waals surface area contributed by atoms with Crippen LogP contribution in [0.1, 0.15) is 12.0 Å². The van der Waals surface area contributed by atoms with Crippen molar-refractivity contribution in [2.24, 2.45) is 0 Å². The van der Waals surface area contributed by atoms with Gasteiger partial charge in [0.25, 0.3) is 0 Å². The summed E-state index contributed by atoms with van der Waals surface area (Å²) in [4.78, 5) is 16.1. The molecule has 0 N–H and O–H groups in total.